The molecule has 1 fully saturated rings. The molecule has 0 radical (unpaired) electrons. The van der Waals surface area contributed by atoms with Gasteiger partial charge >= 0.3 is 0 Å². The van der Waals surface area contributed by atoms with Gasteiger partial charge in [0.15, 0.2) is 0 Å². The van der Waals surface area contributed by atoms with E-state index in [9.17, 15) is 4.79 Å². The van der Waals surface area contributed by atoms with Crippen LogP contribution >= 0.6 is 0 Å². The van der Waals surface area contributed by atoms with Gasteiger partial charge < -0.3 is 20.3 Å². The van der Waals surface area contributed by atoms with Crippen molar-refractivity contribution in [2.24, 2.45) is 0 Å². The van der Waals surface area contributed by atoms with E-state index < -0.39 is 0 Å². The zero-order valence-electron chi connectivity index (χ0n) is 21.9. The first kappa shape index (κ1) is 25.1. The highest BCUT2D eigenvalue weighted by Gasteiger charge is 2.25. The maximum absolute atomic E-state index is 13.1. The lowest BCUT2D eigenvalue weighted by Gasteiger charge is -2.30. The van der Waals surface area contributed by atoms with Crippen LogP contribution in [0.1, 0.15) is 65.7 Å². The molecule has 5 rings (SSSR count). The Labute approximate surface area is 219 Å². The van der Waals surface area contributed by atoms with E-state index in [2.05, 4.69) is 29.6 Å². The van der Waals surface area contributed by atoms with Crippen molar-refractivity contribution in [1.82, 2.24) is 15.3 Å². The lowest BCUT2D eigenvalue weighted by Crippen LogP contribution is -2.40. The van der Waals surface area contributed by atoms with E-state index >= 15 is 0 Å². The monoisotopic (exact) mass is 499 g/mol. The van der Waals surface area contributed by atoms with Crippen molar-refractivity contribution in [3.8, 4) is 5.75 Å². The number of fused-ring (bicyclic) bond motifs is 1. The van der Waals surface area contributed by atoms with Crippen LogP contribution in [0.25, 0.3) is 0 Å². The van der Waals surface area contributed by atoms with Gasteiger partial charge in [0.2, 0.25) is 5.95 Å². The third-order valence-electron chi connectivity index (χ3n) is 7.38. The van der Waals surface area contributed by atoms with Crippen molar-refractivity contribution < 1.29 is 9.53 Å². The third kappa shape index (κ3) is 6.21. The molecule has 2 aliphatic carbocycles. The minimum atomic E-state index is -0.0303. The molecule has 0 saturated heterocycles. The van der Waals surface area contributed by atoms with Crippen LogP contribution in [0.2, 0.25) is 0 Å². The third-order valence-corrected chi connectivity index (χ3v) is 7.38. The minimum Gasteiger partial charge on any atom is -0.489 e. The van der Waals surface area contributed by atoms with Crippen molar-refractivity contribution in [3.05, 3.63) is 77.0 Å². The number of anilines is 2. The molecule has 37 heavy (non-hydrogen) atoms. The van der Waals surface area contributed by atoms with Gasteiger partial charge in [-0.25, -0.2) is 4.98 Å². The molecule has 1 heterocycles. The number of nitrogens with zero attached hydrogens (tertiary/aromatic N) is 3. The molecule has 0 aliphatic heterocycles. The van der Waals surface area contributed by atoms with E-state index in [1.807, 2.05) is 54.6 Å². The average molecular weight is 500 g/mol. The van der Waals surface area contributed by atoms with Gasteiger partial charge in [-0.05, 0) is 69.6 Å². The lowest BCUT2D eigenvalue weighted by molar-refractivity contribution is 0.0924. The molecule has 0 bridgehead atoms. The van der Waals surface area contributed by atoms with Gasteiger partial charge in [-0.3, -0.25) is 4.79 Å². The smallest absolute Gasteiger partial charge is 0.251 e. The van der Waals surface area contributed by atoms with Gasteiger partial charge in [-0.2, -0.15) is 4.98 Å². The summed E-state index contributed by atoms with van der Waals surface area (Å²) in [5.41, 5.74) is 4.07. The van der Waals surface area contributed by atoms with E-state index in [-0.39, 0.29) is 11.9 Å². The van der Waals surface area contributed by atoms with Crippen LogP contribution in [0.15, 0.2) is 54.6 Å². The Morgan fingerprint density at radius 3 is 2.41 bits per heavy atom. The molecule has 0 unspecified atom stereocenters. The molecule has 0 spiro atoms. The number of hydrogen-bond donors (Lipinski definition) is 2. The van der Waals surface area contributed by atoms with Gasteiger partial charge in [-0.1, -0.05) is 36.4 Å². The highest BCUT2D eigenvalue weighted by atomic mass is 16.5. The number of carbonyl (C=O) groups is 1. The summed E-state index contributed by atoms with van der Waals surface area (Å²) in [6.45, 7) is 0.361. The summed E-state index contributed by atoms with van der Waals surface area (Å²) in [5, 5.41) is 6.86. The molecule has 1 amide bonds. The Hall–Kier alpha value is -3.61. The number of aromatic nitrogens is 2. The molecule has 7 heteroatoms. The second kappa shape index (κ2) is 11.6. The first-order valence-electron chi connectivity index (χ1n) is 13.5. The number of para-hydroxylation sites is 1. The molecule has 7 nitrogen and oxygen atoms in total. The highest BCUT2D eigenvalue weighted by molar-refractivity contribution is 5.95. The Balaban J connectivity index is 1.16. The Bertz CT molecular complexity index is 1210. The molecule has 2 N–H and O–H groups in total. The number of aryl methyl sites for hydroxylation is 1. The van der Waals surface area contributed by atoms with Crippen LogP contribution in [0.4, 0.5) is 11.8 Å². The number of hydrogen-bond acceptors (Lipinski definition) is 6. The Morgan fingerprint density at radius 1 is 0.919 bits per heavy atom. The maximum Gasteiger partial charge on any atom is 0.251 e. The van der Waals surface area contributed by atoms with E-state index in [4.69, 9.17) is 14.7 Å². The summed E-state index contributed by atoms with van der Waals surface area (Å²) in [5.74, 6) is 2.55. The predicted molar refractivity (Wildman–Crippen MR) is 147 cm³/mol. The van der Waals surface area contributed by atoms with Crippen LogP contribution in [-0.4, -0.2) is 42.1 Å². The van der Waals surface area contributed by atoms with Crippen molar-refractivity contribution >= 4 is 17.7 Å². The standard InChI is InChI=1S/C30H37N5O2/c1-35(2)28-26-14-8-9-15-27(26)33-30(34-28)32-23-18-16-22(17-19-23)31-29(36)25-13-7-6-10-21(25)20-37-24-11-4-3-5-12-24/h3-7,10-13,22-23H,8-9,14-20H2,1-2H3,(H,31,36)(H,32,33,34). The number of carbonyl (C=O) groups excluding carboxylic acids is 1. The Kier molecular flexibility index (Phi) is 7.87. The number of nitrogens with one attached hydrogen (secondary N) is 2. The molecular formula is C30H37N5O2. The van der Waals surface area contributed by atoms with Crippen molar-refractivity contribution in [1.29, 1.82) is 0 Å². The fourth-order valence-electron chi connectivity index (χ4n) is 5.38. The number of ether oxygens (including phenoxy) is 1. The minimum absolute atomic E-state index is 0.0303. The zero-order valence-corrected chi connectivity index (χ0v) is 21.9. The molecule has 2 aliphatic rings. The first-order chi connectivity index (χ1) is 18.1. The average Bonchev–Trinajstić information content (AvgIpc) is 2.93. The molecule has 1 saturated carbocycles. The summed E-state index contributed by atoms with van der Waals surface area (Å²) in [4.78, 5) is 25.0. The van der Waals surface area contributed by atoms with Gasteiger partial charge in [-0.15, -0.1) is 0 Å². The van der Waals surface area contributed by atoms with Gasteiger partial charge in [0.25, 0.3) is 5.91 Å². The van der Waals surface area contributed by atoms with Gasteiger partial charge in [0.05, 0.1) is 5.69 Å². The number of benzene rings is 2. The van der Waals surface area contributed by atoms with Crippen molar-refractivity contribution in [2.75, 3.05) is 24.3 Å². The second-order valence-corrected chi connectivity index (χ2v) is 10.3. The molecule has 1 aromatic heterocycles. The van der Waals surface area contributed by atoms with Gasteiger partial charge in [0, 0.05) is 42.9 Å². The highest BCUT2D eigenvalue weighted by Crippen LogP contribution is 2.29. The van der Waals surface area contributed by atoms with Crippen LogP contribution < -0.4 is 20.3 Å². The molecule has 2 aromatic carbocycles. The van der Waals surface area contributed by atoms with Crippen molar-refractivity contribution in [2.45, 2.75) is 70.1 Å². The van der Waals surface area contributed by atoms with Crippen LogP contribution in [0.3, 0.4) is 0 Å². The van der Waals surface area contributed by atoms with E-state index in [1.165, 1.54) is 24.1 Å². The summed E-state index contributed by atoms with van der Waals surface area (Å²) in [7, 11) is 4.11. The summed E-state index contributed by atoms with van der Waals surface area (Å²) in [6, 6.07) is 17.9. The number of amides is 1. The lowest BCUT2D eigenvalue weighted by atomic mass is 9.91. The molecular weight excluding hydrogens is 462 g/mol. The number of rotatable bonds is 8. The van der Waals surface area contributed by atoms with Crippen LogP contribution in [0, 0.1) is 0 Å². The fourth-order valence-corrected chi connectivity index (χ4v) is 5.38. The van der Waals surface area contributed by atoms with E-state index in [1.54, 1.807) is 0 Å². The summed E-state index contributed by atoms with van der Waals surface area (Å²) in [6.07, 6.45) is 8.31. The van der Waals surface area contributed by atoms with E-state index in [0.717, 1.165) is 61.6 Å². The van der Waals surface area contributed by atoms with Crippen LogP contribution in [-0.2, 0) is 19.4 Å². The zero-order chi connectivity index (χ0) is 25.6. The van der Waals surface area contributed by atoms with E-state index in [0.29, 0.717) is 18.2 Å². The first-order valence-corrected chi connectivity index (χ1v) is 13.5. The molecule has 194 valence electrons. The van der Waals surface area contributed by atoms with Crippen molar-refractivity contribution in [3.63, 3.8) is 0 Å². The quantitative estimate of drug-likeness (QED) is 0.446. The molecule has 3 aromatic rings. The second-order valence-electron chi connectivity index (χ2n) is 10.3. The maximum atomic E-state index is 13.1. The summed E-state index contributed by atoms with van der Waals surface area (Å²) < 4.78 is 5.90. The molecule has 0 atom stereocenters. The topological polar surface area (TPSA) is 79.4 Å². The Morgan fingerprint density at radius 2 is 1.62 bits per heavy atom. The fraction of sp³-hybridized carbons (Fsp3) is 0.433. The summed E-state index contributed by atoms with van der Waals surface area (Å²) >= 11 is 0. The SMILES string of the molecule is CN(C)c1nc(NC2CCC(NC(=O)c3ccccc3COc3ccccc3)CC2)nc2c1CCCC2. The van der Waals surface area contributed by atoms with Gasteiger partial charge in [0.1, 0.15) is 18.2 Å². The normalized spacial score (nSPS) is 19.0. The largest absolute Gasteiger partial charge is 0.489 e. The predicted octanol–water partition coefficient (Wildman–Crippen LogP) is 5.15. The van der Waals surface area contributed by atoms with Crippen LogP contribution in [0.5, 0.6) is 5.75 Å².